The molecule has 0 bridgehead atoms. The van der Waals surface area contributed by atoms with Crippen LogP contribution in [0, 0.1) is 29.1 Å². The van der Waals surface area contributed by atoms with Crippen molar-refractivity contribution in [3.05, 3.63) is 47.3 Å². The zero-order chi connectivity index (χ0) is 15.3. The monoisotopic (exact) mass is 300 g/mol. The van der Waals surface area contributed by atoms with Crippen LogP contribution in [-0.2, 0) is 0 Å². The molecule has 0 radical (unpaired) electrons. The fraction of sp³-hybridized carbons (Fsp3) is 0. The van der Waals surface area contributed by atoms with Crippen molar-refractivity contribution in [1.82, 2.24) is 9.97 Å². The van der Waals surface area contributed by atoms with E-state index in [1.807, 2.05) is 0 Å². The summed E-state index contributed by atoms with van der Waals surface area (Å²) in [5, 5.41) is 9.14. The first-order chi connectivity index (χ1) is 9.88. The zero-order valence-corrected chi connectivity index (χ0v) is 10.0. The Morgan fingerprint density at radius 1 is 0.905 bits per heavy atom. The number of rotatable bonds is 1. The molecule has 0 aliphatic rings. The molecule has 108 valence electrons. The second kappa shape index (κ2) is 4.44. The van der Waals surface area contributed by atoms with E-state index >= 15 is 0 Å². The van der Waals surface area contributed by atoms with Gasteiger partial charge in [-0.05, 0) is 12.1 Å². The summed E-state index contributed by atoms with van der Waals surface area (Å²) in [5.41, 5.74) is -0.997. The highest BCUT2D eigenvalue weighted by atomic mass is 19.2. The standard InChI is InChI=1S/C13H5F5N2O/c14-4-1-7(16)11-8(2-4)19-13(20-11)5-3-6(15)10(18)12(21)9(5)17/h1-3,21H,(H,19,20). The number of aromatic hydroxyl groups is 1. The van der Waals surface area contributed by atoms with E-state index in [1.165, 1.54) is 0 Å². The number of benzene rings is 2. The van der Waals surface area contributed by atoms with Crippen LogP contribution in [-0.4, -0.2) is 15.1 Å². The average Bonchev–Trinajstić information content (AvgIpc) is 2.84. The molecule has 0 saturated heterocycles. The molecule has 0 aliphatic carbocycles. The fourth-order valence-corrected chi connectivity index (χ4v) is 1.93. The maximum absolute atomic E-state index is 13.8. The Balaban J connectivity index is 2.29. The molecular formula is C13H5F5N2O. The van der Waals surface area contributed by atoms with Gasteiger partial charge in [-0.2, -0.15) is 4.39 Å². The number of H-pyrrole nitrogens is 1. The molecule has 0 aliphatic heterocycles. The Kier molecular flexibility index (Phi) is 2.82. The van der Waals surface area contributed by atoms with Gasteiger partial charge in [0.05, 0.1) is 11.1 Å². The first-order valence-electron chi connectivity index (χ1n) is 5.60. The third-order valence-electron chi connectivity index (χ3n) is 2.89. The van der Waals surface area contributed by atoms with E-state index in [2.05, 4.69) is 9.97 Å². The lowest BCUT2D eigenvalue weighted by molar-refractivity contribution is 0.377. The molecule has 21 heavy (non-hydrogen) atoms. The normalized spacial score (nSPS) is 11.3. The van der Waals surface area contributed by atoms with Crippen LogP contribution >= 0.6 is 0 Å². The minimum absolute atomic E-state index is 0.0916. The van der Waals surface area contributed by atoms with E-state index in [4.69, 9.17) is 5.11 Å². The van der Waals surface area contributed by atoms with Crippen LogP contribution in [0.2, 0.25) is 0 Å². The summed E-state index contributed by atoms with van der Waals surface area (Å²) < 4.78 is 66.5. The molecule has 0 unspecified atom stereocenters. The van der Waals surface area contributed by atoms with Crippen LogP contribution in [0.4, 0.5) is 22.0 Å². The smallest absolute Gasteiger partial charge is 0.203 e. The summed E-state index contributed by atoms with van der Waals surface area (Å²) in [6.45, 7) is 0. The Labute approximate surface area is 113 Å². The lowest BCUT2D eigenvalue weighted by Gasteiger charge is -2.03. The number of fused-ring (bicyclic) bond motifs is 1. The molecule has 0 fully saturated rings. The lowest BCUT2D eigenvalue weighted by atomic mass is 10.1. The summed E-state index contributed by atoms with van der Waals surface area (Å²) in [6.07, 6.45) is 0. The number of phenols is 1. The van der Waals surface area contributed by atoms with Gasteiger partial charge in [-0.25, -0.2) is 22.5 Å². The first kappa shape index (κ1) is 13.3. The quantitative estimate of drug-likeness (QED) is 0.532. The molecule has 1 aromatic heterocycles. The summed E-state index contributed by atoms with van der Waals surface area (Å²) in [4.78, 5) is 6.04. The van der Waals surface area contributed by atoms with Crippen LogP contribution in [0.15, 0.2) is 18.2 Å². The number of hydrogen-bond acceptors (Lipinski definition) is 2. The highest BCUT2D eigenvalue weighted by Gasteiger charge is 2.21. The van der Waals surface area contributed by atoms with Crippen molar-refractivity contribution in [2.24, 2.45) is 0 Å². The molecule has 0 saturated carbocycles. The zero-order valence-electron chi connectivity index (χ0n) is 10.0. The summed E-state index contributed by atoms with van der Waals surface area (Å²) in [5.74, 6) is -8.49. The van der Waals surface area contributed by atoms with E-state index in [-0.39, 0.29) is 16.9 Å². The Hall–Kier alpha value is -2.64. The SMILES string of the molecule is Oc1c(F)c(F)cc(-c2nc3c(F)cc(F)cc3[nH]2)c1F. The molecule has 1 heterocycles. The number of nitrogens with one attached hydrogen (secondary N) is 1. The van der Waals surface area contributed by atoms with Gasteiger partial charge in [0.2, 0.25) is 5.82 Å². The van der Waals surface area contributed by atoms with Crippen molar-refractivity contribution in [3.8, 4) is 17.1 Å². The number of aromatic nitrogens is 2. The highest BCUT2D eigenvalue weighted by molar-refractivity contribution is 5.80. The molecule has 0 amide bonds. The van der Waals surface area contributed by atoms with Gasteiger partial charge in [0.15, 0.2) is 23.2 Å². The third-order valence-corrected chi connectivity index (χ3v) is 2.89. The van der Waals surface area contributed by atoms with Crippen molar-refractivity contribution in [3.63, 3.8) is 0 Å². The van der Waals surface area contributed by atoms with Gasteiger partial charge < -0.3 is 10.1 Å². The number of halogens is 5. The average molecular weight is 300 g/mol. The van der Waals surface area contributed by atoms with E-state index < -0.39 is 40.4 Å². The number of phenolic OH excluding ortho intramolecular Hbond substituents is 1. The maximum atomic E-state index is 13.8. The van der Waals surface area contributed by atoms with Crippen LogP contribution < -0.4 is 0 Å². The molecular weight excluding hydrogens is 295 g/mol. The molecule has 0 spiro atoms. The maximum Gasteiger partial charge on any atom is 0.203 e. The van der Waals surface area contributed by atoms with Gasteiger partial charge in [-0.15, -0.1) is 0 Å². The molecule has 2 aromatic carbocycles. The van der Waals surface area contributed by atoms with Crippen LogP contribution in [0.5, 0.6) is 5.75 Å². The van der Waals surface area contributed by atoms with Crippen molar-refractivity contribution < 1.29 is 27.1 Å². The topological polar surface area (TPSA) is 48.9 Å². The van der Waals surface area contributed by atoms with Crippen molar-refractivity contribution in [1.29, 1.82) is 0 Å². The second-order valence-electron chi connectivity index (χ2n) is 4.25. The van der Waals surface area contributed by atoms with Gasteiger partial charge in [0, 0.05) is 6.07 Å². The van der Waals surface area contributed by atoms with Gasteiger partial charge in [-0.3, -0.25) is 0 Å². The lowest BCUT2D eigenvalue weighted by Crippen LogP contribution is -1.94. The van der Waals surface area contributed by atoms with Gasteiger partial charge in [0.1, 0.15) is 17.2 Å². The molecule has 2 N–H and O–H groups in total. The first-order valence-corrected chi connectivity index (χ1v) is 5.60. The van der Waals surface area contributed by atoms with Crippen LogP contribution in [0.25, 0.3) is 22.4 Å². The molecule has 8 heteroatoms. The minimum Gasteiger partial charge on any atom is -0.503 e. The minimum atomic E-state index is -1.75. The van der Waals surface area contributed by atoms with Crippen LogP contribution in [0.3, 0.4) is 0 Å². The van der Waals surface area contributed by atoms with Gasteiger partial charge in [0.25, 0.3) is 0 Å². The highest BCUT2D eigenvalue weighted by Crippen LogP contribution is 2.32. The van der Waals surface area contributed by atoms with E-state index in [9.17, 15) is 22.0 Å². The predicted molar refractivity (Wildman–Crippen MR) is 63.0 cm³/mol. The third kappa shape index (κ3) is 1.99. The number of aromatic amines is 1. The van der Waals surface area contributed by atoms with Crippen molar-refractivity contribution in [2.45, 2.75) is 0 Å². The van der Waals surface area contributed by atoms with Crippen molar-refractivity contribution >= 4 is 11.0 Å². The van der Waals surface area contributed by atoms with E-state index in [0.29, 0.717) is 12.1 Å². The van der Waals surface area contributed by atoms with Crippen molar-refractivity contribution in [2.75, 3.05) is 0 Å². The predicted octanol–water partition coefficient (Wildman–Crippen LogP) is 3.63. The van der Waals surface area contributed by atoms with Gasteiger partial charge >= 0.3 is 0 Å². The number of imidazole rings is 1. The van der Waals surface area contributed by atoms with E-state index in [1.54, 1.807) is 0 Å². The molecule has 3 rings (SSSR count). The Morgan fingerprint density at radius 2 is 1.62 bits per heavy atom. The summed E-state index contributed by atoms with van der Waals surface area (Å²) in [6, 6.07) is 1.94. The van der Waals surface area contributed by atoms with Gasteiger partial charge in [-0.1, -0.05) is 0 Å². The largest absolute Gasteiger partial charge is 0.503 e. The molecule has 3 aromatic rings. The summed E-state index contributed by atoms with van der Waals surface area (Å²) >= 11 is 0. The number of hydrogen-bond donors (Lipinski definition) is 2. The van der Waals surface area contributed by atoms with E-state index in [0.717, 1.165) is 6.07 Å². The second-order valence-corrected chi connectivity index (χ2v) is 4.25. The van der Waals surface area contributed by atoms with Crippen LogP contribution in [0.1, 0.15) is 0 Å². The Bertz CT molecular complexity index is 875. The fourth-order valence-electron chi connectivity index (χ4n) is 1.93. The molecule has 3 nitrogen and oxygen atoms in total. The Morgan fingerprint density at radius 3 is 2.33 bits per heavy atom. The molecule has 0 atom stereocenters. The number of nitrogens with zero attached hydrogens (tertiary/aromatic N) is 1. The summed E-state index contributed by atoms with van der Waals surface area (Å²) in [7, 11) is 0.